The molecule has 1 rings (SSSR count). The first-order valence-electron chi connectivity index (χ1n) is 8.24. The number of anilines is 2. The van der Waals surface area contributed by atoms with Crippen LogP contribution >= 0.6 is 0 Å². The van der Waals surface area contributed by atoms with Crippen LogP contribution in [0.4, 0.5) is 11.4 Å². The number of hydrogen-bond acceptors (Lipinski definition) is 3. The minimum absolute atomic E-state index is 0.307. The Morgan fingerprint density at radius 1 is 1.14 bits per heavy atom. The molecule has 0 saturated carbocycles. The summed E-state index contributed by atoms with van der Waals surface area (Å²) in [5.74, 6) is 0.783. The Bertz CT molecular complexity index is 416. The van der Waals surface area contributed by atoms with Gasteiger partial charge >= 0.3 is 0 Å². The number of nitrogens with one attached hydrogen (secondary N) is 1. The molecule has 0 aliphatic heterocycles. The maximum atomic E-state index is 5.94. The summed E-state index contributed by atoms with van der Waals surface area (Å²) in [6, 6.07) is 5.95. The molecule has 1 aromatic rings. The van der Waals surface area contributed by atoms with Crippen LogP contribution in [0, 0.1) is 5.41 Å². The number of nitrogen functional groups attached to an aromatic ring is 1. The van der Waals surface area contributed by atoms with E-state index in [2.05, 4.69) is 33.0 Å². The topological polar surface area (TPSA) is 47.3 Å². The number of hydrogen-bond donors (Lipinski definition) is 2. The fourth-order valence-electron chi connectivity index (χ4n) is 2.26. The molecule has 120 valence electrons. The largest absolute Gasteiger partial charge is 0.491 e. The van der Waals surface area contributed by atoms with E-state index in [9.17, 15) is 0 Å². The molecule has 0 saturated heterocycles. The lowest BCUT2D eigenvalue weighted by atomic mass is 9.87. The first kappa shape index (κ1) is 17.7. The standard InChI is InChI=1S/C18H32N2O/c1-5-7-8-11-18(3,4)14-20-15-9-10-16(19)17(13-15)21-12-6-2/h9-10,13,20H,5-8,11-12,14,19H2,1-4H3. The second kappa shape index (κ2) is 8.81. The van der Waals surface area contributed by atoms with Crippen LogP contribution in [-0.2, 0) is 0 Å². The zero-order chi connectivity index (χ0) is 15.7. The predicted molar refractivity (Wildman–Crippen MR) is 93.1 cm³/mol. The minimum atomic E-state index is 0.307. The van der Waals surface area contributed by atoms with Crippen molar-refractivity contribution in [2.24, 2.45) is 5.41 Å². The van der Waals surface area contributed by atoms with Crippen LogP contribution in [-0.4, -0.2) is 13.2 Å². The van der Waals surface area contributed by atoms with Gasteiger partial charge in [0.2, 0.25) is 0 Å². The van der Waals surface area contributed by atoms with Gasteiger partial charge in [0.25, 0.3) is 0 Å². The molecule has 0 aromatic heterocycles. The van der Waals surface area contributed by atoms with Crippen LogP contribution in [0.2, 0.25) is 0 Å². The lowest BCUT2D eigenvalue weighted by molar-refractivity contribution is 0.319. The van der Waals surface area contributed by atoms with Crippen molar-refractivity contribution >= 4 is 11.4 Å². The highest BCUT2D eigenvalue weighted by atomic mass is 16.5. The molecule has 0 unspecified atom stereocenters. The Balaban J connectivity index is 2.54. The van der Waals surface area contributed by atoms with Crippen LogP contribution in [0.25, 0.3) is 0 Å². The summed E-state index contributed by atoms with van der Waals surface area (Å²) < 4.78 is 5.67. The van der Waals surface area contributed by atoms with Crippen molar-refractivity contribution in [3.05, 3.63) is 18.2 Å². The fourth-order valence-corrected chi connectivity index (χ4v) is 2.26. The van der Waals surface area contributed by atoms with E-state index in [1.54, 1.807) is 0 Å². The van der Waals surface area contributed by atoms with Crippen molar-refractivity contribution in [3.63, 3.8) is 0 Å². The van der Waals surface area contributed by atoms with Crippen molar-refractivity contribution in [2.45, 2.75) is 59.8 Å². The molecule has 0 aliphatic rings. The van der Waals surface area contributed by atoms with Gasteiger partial charge in [0.1, 0.15) is 5.75 Å². The second-order valence-electron chi connectivity index (χ2n) is 6.58. The molecule has 0 amide bonds. The molecule has 21 heavy (non-hydrogen) atoms. The molecular formula is C18H32N2O. The smallest absolute Gasteiger partial charge is 0.144 e. The van der Waals surface area contributed by atoms with Gasteiger partial charge in [-0.15, -0.1) is 0 Å². The van der Waals surface area contributed by atoms with E-state index in [-0.39, 0.29) is 0 Å². The zero-order valence-corrected chi connectivity index (χ0v) is 14.2. The molecule has 1 aromatic carbocycles. The zero-order valence-electron chi connectivity index (χ0n) is 14.2. The SMILES string of the molecule is CCCCCC(C)(C)CNc1ccc(N)c(OCCC)c1. The van der Waals surface area contributed by atoms with E-state index < -0.39 is 0 Å². The van der Waals surface area contributed by atoms with Gasteiger partial charge < -0.3 is 15.8 Å². The molecule has 0 atom stereocenters. The first-order chi connectivity index (χ1) is 9.98. The average Bonchev–Trinajstić information content (AvgIpc) is 2.45. The van der Waals surface area contributed by atoms with E-state index in [0.29, 0.717) is 17.7 Å². The monoisotopic (exact) mass is 292 g/mol. The molecule has 3 N–H and O–H groups in total. The number of rotatable bonds is 10. The van der Waals surface area contributed by atoms with Gasteiger partial charge in [0.15, 0.2) is 0 Å². The number of ether oxygens (including phenoxy) is 1. The van der Waals surface area contributed by atoms with Crippen molar-refractivity contribution < 1.29 is 4.74 Å². The third-order valence-electron chi connectivity index (χ3n) is 3.70. The highest BCUT2D eigenvalue weighted by Crippen LogP contribution is 2.28. The molecule has 0 heterocycles. The van der Waals surface area contributed by atoms with Gasteiger partial charge in [-0.1, -0.05) is 47.0 Å². The third-order valence-corrected chi connectivity index (χ3v) is 3.70. The Labute approximate surface area is 130 Å². The van der Waals surface area contributed by atoms with Crippen molar-refractivity contribution in [2.75, 3.05) is 24.2 Å². The van der Waals surface area contributed by atoms with Crippen LogP contribution in [0.15, 0.2) is 18.2 Å². The van der Waals surface area contributed by atoms with Gasteiger partial charge in [0, 0.05) is 18.3 Å². The summed E-state index contributed by atoms with van der Waals surface area (Å²) in [5.41, 5.74) is 8.03. The Hall–Kier alpha value is -1.38. The minimum Gasteiger partial charge on any atom is -0.491 e. The number of unbranched alkanes of at least 4 members (excludes halogenated alkanes) is 2. The quantitative estimate of drug-likeness (QED) is 0.467. The summed E-state index contributed by atoms with van der Waals surface area (Å²) >= 11 is 0. The summed E-state index contributed by atoms with van der Waals surface area (Å²) in [6.45, 7) is 10.7. The highest BCUT2D eigenvalue weighted by molar-refractivity contribution is 5.61. The van der Waals surface area contributed by atoms with Crippen molar-refractivity contribution in [1.82, 2.24) is 0 Å². The van der Waals surface area contributed by atoms with Crippen LogP contribution in [0.1, 0.15) is 59.8 Å². The molecular weight excluding hydrogens is 260 g/mol. The van der Waals surface area contributed by atoms with Gasteiger partial charge in [0.05, 0.1) is 12.3 Å². The van der Waals surface area contributed by atoms with Crippen molar-refractivity contribution in [3.8, 4) is 5.75 Å². The third kappa shape index (κ3) is 6.74. The summed E-state index contributed by atoms with van der Waals surface area (Å²) in [5, 5.41) is 3.52. The molecule has 0 fully saturated rings. The number of benzene rings is 1. The van der Waals surface area contributed by atoms with Crippen LogP contribution in [0.5, 0.6) is 5.75 Å². The van der Waals surface area contributed by atoms with Crippen LogP contribution < -0.4 is 15.8 Å². The molecule has 0 aliphatic carbocycles. The molecule has 3 nitrogen and oxygen atoms in total. The summed E-state index contributed by atoms with van der Waals surface area (Å²) in [7, 11) is 0. The van der Waals surface area contributed by atoms with E-state index in [4.69, 9.17) is 10.5 Å². The highest BCUT2D eigenvalue weighted by Gasteiger charge is 2.17. The van der Waals surface area contributed by atoms with E-state index in [1.165, 1.54) is 25.7 Å². The second-order valence-corrected chi connectivity index (χ2v) is 6.58. The molecule has 0 bridgehead atoms. The van der Waals surface area contributed by atoms with Crippen molar-refractivity contribution in [1.29, 1.82) is 0 Å². The van der Waals surface area contributed by atoms with Gasteiger partial charge in [-0.2, -0.15) is 0 Å². The summed E-state index contributed by atoms with van der Waals surface area (Å²) in [4.78, 5) is 0. The summed E-state index contributed by atoms with van der Waals surface area (Å²) in [6.07, 6.45) is 6.14. The Morgan fingerprint density at radius 3 is 2.57 bits per heavy atom. The molecule has 3 heteroatoms. The van der Waals surface area contributed by atoms with E-state index in [0.717, 1.165) is 24.4 Å². The predicted octanol–water partition coefficient (Wildman–Crippen LogP) is 5.08. The van der Waals surface area contributed by atoms with Gasteiger partial charge in [-0.25, -0.2) is 0 Å². The molecule has 0 radical (unpaired) electrons. The maximum Gasteiger partial charge on any atom is 0.144 e. The first-order valence-corrected chi connectivity index (χ1v) is 8.24. The lowest BCUT2D eigenvalue weighted by Gasteiger charge is -2.25. The van der Waals surface area contributed by atoms with Gasteiger partial charge in [-0.05, 0) is 30.4 Å². The normalized spacial score (nSPS) is 11.4. The van der Waals surface area contributed by atoms with Crippen LogP contribution in [0.3, 0.4) is 0 Å². The molecule has 0 spiro atoms. The van der Waals surface area contributed by atoms with Gasteiger partial charge in [-0.3, -0.25) is 0 Å². The maximum absolute atomic E-state index is 5.94. The van der Waals surface area contributed by atoms with E-state index in [1.807, 2.05) is 18.2 Å². The Morgan fingerprint density at radius 2 is 1.90 bits per heavy atom. The van der Waals surface area contributed by atoms with E-state index >= 15 is 0 Å². The fraction of sp³-hybridized carbons (Fsp3) is 0.667. The average molecular weight is 292 g/mol. The Kier molecular flexibility index (Phi) is 7.41. The number of nitrogens with two attached hydrogens (primary N) is 1. The lowest BCUT2D eigenvalue weighted by Crippen LogP contribution is -2.23.